The van der Waals surface area contributed by atoms with Gasteiger partial charge in [-0.25, -0.2) is 0 Å². The number of rotatable bonds is 2. The summed E-state index contributed by atoms with van der Waals surface area (Å²) in [5.41, 5.74) is 7.63. The monoisotopic (exact) mass is 217 g/mol. The Morgan fingerprint density at radius 3 is 2.81 bits per heavy atom. The Hall–Kier alpha value is -1.49. The van der Waals surface area contributed by atoms with E-state index >= 15 is 0 Å². The standard InChI is InChI=1S/C11H15N5/c1-7-3-6-9-13-14-10(16(9)15-7)11(2,12)8-4-5-8/h3,6,8H,4-5,12H2,1-2H3. The maximum atomic E-state index is 6.34. The molecule has 0 amide bonds. The van der Waals surface area contributed by atoms with Crippen LogP contribution < -0.4 is 5.73 Å². The molecule has 0 aliphatic heterocycles. The molecule has 0 radical (unpaired) electrons. The molecule has 1 fully saturated rings. The molecule has 16 heavy (non-hydrogen) atoms. The smallest absolute Gasteiger partial charge is 0.177 e. The summed E-state index contributed by atoms with van der Waals surface area (Å²) in [6, 6.07) is 3.85. The highest BCUT2D eigenvalue weighted by molar-refractivity contribution is 5.37. The van der Waals surface area contributed by atoms with Crippen LogP contribution in [0.5, 0.6) is 0 Å². The number of aryl methyl sites for hydroxylation is 1. The summed E-state index contributed by atoms with van der Waals surface area (Å²) in [4.78, 5) is 0. The highest BCUT2D eigenvalue weighted by Gasteiger charge is 2.43. The molecule has 2 N–H and O–H groups in total. The van der Waals surface area contributed by atoms with E-state index in [0.717, 1.165) is 17.2 Å². The molecule has 5 nitrogen and oxygen atoms in total. The van der Waals surface area contributed by atoms with Gasteiger partial charge < -0.3 is 5.73 Å². The molecular formula is C11H15N5. The lowest BCUT2D eigenvalue weighted by Gasteiger charge is -2.21. The predicted octanol–water partition coefficient (Wildman–Crippen LogP) is 1.02. The quantitative estimate of drug-likeness (QED) is 0.815. The van der Waals surface area contributed by atoms with E-state index in [9.17, 15) is 0 Å². The summed E-state index contributed by atoms with van der Waals surface area (Å²) in [7, 11) is 0. The third-order valence-electron chi connectivity index (χ3n) is 3.30. The fourth-order valence-electron chi connectivity index (χ4n) is 2.08. The van der Waals surface area contributed by atoms with E-state index in [0.29, 0.717) is 5.92 Å². The first-order valence-corrected chi connectivity index (χ1v) is 5.57. The Kier molecular flexibility index (Phi) is 1.83. The van der Waals surface area contributed by atoms with E-state index < -0.39 is 5.54 Å². The van der Waals surface area contributed by atoms with Crippen LogP contribution in [0.1, 0.15) is 31.3 Å². The maximum absolute atomic E-state index is 6.34. The van der Waals surface area contributed by atoms with Crippen molar-refractivity contribution in [2.75, 3.05) is 0 Å². The van der Waals surface area contributed by atoms with E-state index in [1.807, 2.05) is 26.0 Å². The van der Waals surface area contributed by atoms with Gasteiger partial charge in [-0.1, -0.05) is 0 Å². The number of hydrogen-bond acceptors (Lipinski definition) is 4. The Balaban J connectivity index is 2.19. The Labute approximate surface area is 93.7 Å². The van der Waals surface area contributed by atoms with Crippen molar-refractivity contribution in [3.63, 3.8) is 0 Å². The molecule has 0 aromatic carbocycles. The van der Waals surface area contributed by atoms with Crippen LogP contribution in [0.4, 0.5) is 0 Å². The number of nitrogens with two attached hydrogens (primary N) is 1. The number of fused-ring (bicyclic) bond motifs is 1. The molecule has 5 heteroatoms. The van der Waals surface area contributed by atoms with Gasteiger partial charge in [0.2, 0.25) is 0 Å². The summed E-state index contributed by atoms with van der Waals surface area (Å²) in [5.74, 6) is 1.29. The summed E-state index contributed by atoms with van der Waals surface area (Å²) in [6.07, 6.45) is 2.35. The molecule has 1 aliphatic carbocycles. The topological polar surface area (TPSA) is 69.1 Å². The van der Waals surface area contributed by atoms with Crippen LogP contribution in [0.25, 0.3) is 5.65 Å². The molecular weight excluding hydrogens is 202 g/mol. The second-order valence-corrected chi connectivity index (χ2v) is 4.83. The minimum Gasteiger partial charge on any atom is -0.319 e. The Morgan fingerprint density at radius 1 is 1.38 bits per heavy atom. The van der Waals surface area contributed by atoms with Crippen molar-refractivity contribution in [1.82, 2.24) is 19.8 Å². The summed E-state index contributed by atoms with van der Waals surface area (Å²) in [5, 5.41) is 12.7. The third kappa shape index (κ3) is 1.31. The van der Waals surface area contributed by atoms with Crippen molar-refractivity contribution in [3.05, 3.63) is 23.7 Å². The Morgan fingerprint density at radius 2 is 2.12 bits per heavy atom. The normalized spacial score (nSPS) is 19.9. The van der Waals surface area contributed by atoms with Gasteiger partial charge >= 0.3 is 0 Å². The number of aromatic nitrogens is 4. The average molecular weight is 217 g/mol. The zero-order valence-corrected chi connectivity index (χ0v) is 9.51. The lowest BCUT2D eigenvalue weighted by atomic mass is 9.96. The molecule has 1 saturated carbocycles. The first-order chi connectivity index (χ1) is 7.59. The number of nitrogens with zero attached hydrogens (tertiary/aromatic N) is 4. The van der Waals surface area contributed by atoms with Gasteiger partial charge in [-0.2, -0.15) is 9.61 Å². The van der Waals surface area contributed by atoms with Gasteiger partial charge in [0, 0.05) is 0 Å². The van der Waals surface area contributed by atoms with Crippen molar-refractivity contribution in [2.24, 2.45) is 11.7 Å². The second kappa shape index (κ2) is 3.01. The summed E-state index contributed by atoms with van der Waals surface area (Å²) in [6.45, 7) is 3.97. The lowest BCUT2D eigenvalue weighted by Crippen LogP contribution is -2.38. The molecule has 0 spiro atoms. The van der Waals surface area contributed by atoms with E-state index in [1.54, 1.807) is 4.52 Å². The van der Waals surface area contributed by atoms with Crippen LogP contribution in [-0.4, -0.2) is 19.8 Å². The molecule has 0 saturated heterocycles. The van der Waals surface area contributed by atoms with Gasteiger partial charge in [0.05, 0.1) is 11.2 Å². The lowest BCUT2D eigenvalue weighted by molar-refractivity contribution is 0.391. The first-order valence-electron chi connectivity index (χ1n) is 5.57. The van der Waals surface area contributed by atoms with Crippen molar-refractivity contribution in [3.8, 4) is 0 Å². The summed E-state index contributed by atoms with van der Waals surface area (Å²) >= 11 is 0. The molecule has 2 aromatic heterocycles. The molecule has 0 bridgehead atoms. The molecule has 1 aliphatic rings. The fourth-order valence-corrected chi connectivity index (χ4v) is 2.08. The van der Waals surface area contributed by atoms with Gasteiger partial charge in [-0.05, 0) is 44.7 Å². The van der Waals surface area contributed by atoms with Crippen molar-refractivity contribution >= 4 is 5.65 Å². The van der Waals surface area contributed by atoms with Gasteiger partial charge in [-0.15, -0.1) is 10.2 Å². The van der Waals surface area contributed by atoms with Gasteiger partial charge in [0.15, 0.2) is 11.5 Å². The largest absolute Gasteiger partial charge is 0.319 e. The maximum Gasteiger partial charge on any atom is 0.177 e. The van der Waals surface area contributed by atoms with Gasteiger partial charge in [0.25, 0.3) is 0 Å². The highest BCUT2D eigenvalue weighted by Crippen LogP contribution is 2.42. The minimum absolute atomic E-state index is 0.416. The molecule has 1 atom stereocenters. The number of hydrogen-bond donors (Lipinski definition) is 1. The third-order valence-corrected chi connectivity index (χ3v) is 3.30. The molecule has 2 heterocycles. The van der Waals surface area contributed by atoms with Crippen LogP contribution in [0.15, 0.2) is 12.1 Å². The molecule has 1 unspecified atom stereocenters. The van der Waals surface area contributed by atoms with Gasteiger partial charge in [0.1, 0.15) is 0 Å². The molecule has 84 valence electrons. The first kappa shape index (κ1) is 9.72. The zero-order chi connectivity index (χ0) is 11.3. The van der Waals surface area contributed by atoms with Crippen molar-refractivity contribution in [1.29, 1.82) is 0 Å². The fraction of sp³-hybridized carbons (Fsp3) is 0.545. The second-order valence-electron chi connectivity index (χ2n) is 4.83. The zero-order valence-electron chi connectivity index (χ0n) is 9.51. The average Bonchev–Trinajstić information content (AvgIpc) is 2.99. The summed E-state index contributed by atoms with van der Waals surface area (Å²) < 4.78 is 1.77. The van der Waals surface area contributed by atoms with Crippen LogP contribution in [0.3, 0.4) is 0 Å². The van der Waals surface area contributed by atoms with Gasteiger partial charge in [-0.3, -0.25) is 0 Å². The van der Waals surface area contributed by atoms with E-state index in [4.69, 9.17) is 5.73 Å². The van der Waals surface area contributed by atoms with Crippen LogP contribution in [0, 0.1) is 12.8 Å². The molecule has 2 aromatic rings. The van der Waals surface area contributed by atoms with Crippen LogP contribution in [-0.2, 0) is 5.54 Å². The minimum atomic E-state index is -0.416. The van der Waals surface area contributed by atoms with E-state index in [-0.39, 0.29) is 0 Å². The van der Waals surface area contributed by atoms with Crippen LogP contribution in [0.2, 0.25) is 0 Å². The van der Waals surface area contributed by atoms with Crippen LogP contribution >= 0.6 is 0 Å². The highest BCUT2D eigenvalue weighted by atomic mass is 15.4. The SMILES string of the molecule is Cc1ccc2nnc(C(C)(N)C3CC3)n2n1. The van der Waals surface area contributed by atoms with E-state index in [2.05, 4.69) is 15.3 Å². The van der Waals surface area contributed by atoms with Crippen molar-refractivity contribution < 1.29 is 0 Å². The predicted molar refractivity (Wildman–Crippen MR) is 59.8 cm³/mol. The van der Waals surface area contributed by atoms with Crippen molar-refractivity contribution in [2.45, 2.75) is 32.2 Å². The molecule has 3 rings (SSSR count). The Bertz CT molecular complexity index is 538. The van der Waals surface area contributed by atoms with E-state index in [1.165, 1.54) is 12.8 Å².